The van der Waals surface area contributed by atoms with E-state index in [1.54, 1.807) is 24.3 Å². The first-order valence-corrected chi connectivity index (χ1v) is 5.41. The smallest absolute Gasteiger partial charge is 0.127 e. The lowest BCUT2D eigenvalue weighted by atomic mass is 9.86. The van der Waals surface area contributed by atoms with Gasteiger partial charge in [-0.1, -0.05) is 42.5 Å². The molecule has 0 aliphatic rings. The van der Waals surface area contributed by atoms with Crippen molar-refractivity contribution in [3.8, 4) is 0 Å². The van der Waals surface area contributed by atoms with Crippen LogP contribution >= 0.6 is 0 Å². The molecule has 0 amide bonds. The summed E-state index contributed by atoms with van der Waals surface area (Å²) < 4.78 is 13.2. The Hall–Kier alpha value is -1.71. The Labute approximate surface area is 99.5 Å². The molecule has 0 bridgehead atoms. The normalized spacial score (nSPS) is 14.3. The Morgan fingerprint density at radius 1 is 1.00 bits per heavy atom. The standard InChI is InChI=1S/C14H14FNO/c15-13-8-4-7-12(9-13)14(17,10-16)11-5-2-1-3-6-11/h1-9,17H,10,16H2. The summed E-state index contributed by atoms with van der Waals surface area (Å²) in [5, 5.41) is 10.6. The fourth-order valence-corrected chi connectivity index (χ4v) is 1.86. The van der Waals surface area contributed by atoms with Crippen molar-refractivity contribution >= 4 is 0 Å². The molecule has 2 rings (SSSR count). The van der Waals surface area contributed by atoms with Crippen LogP contribution in [0, 0.1) is 5.82 Å². The monoisotopic (exact) mass is 231 g/mol. The van der Waals surface area contributed by atoms with Crippen LogP contribution in [0.25, 0.3) is 0 Å². The number of benzene rings is 2. The molecule has 0 saturated carbocycles. The van der Waals surface area contributed by atoms with Crippen molar-refractivity contribution in [3.63, 3.8) is 0 Å². The lowest BCUT2D eigenvalue weighted by molar-refractivity contribution is 0.0899. The van der Waals surface area contributed by atoms with Gasteiger partial charge >= 0.3 is 0 Å². The van der Waals surface area contributed by atoms with Crippen LogP contribution in [0.4, 0.5) is 4.39 Å². The third kappa shape index (κ3) is 2.20. The second-order valence-electron chi connectivity index (χ2n) is 3.94. The molecule has 0 aliphatic heterocycles. The van der Waals surface area contributed by atoms with E-state index in [0.29, 0.717) is 11.1 Å². The van der Waals surface area contributed by atoms with E-state index in [-0.39, 0.29) is 12.4 Å². The van der Waals surface area contributed by atoms with Gasteiger partial charge in [0, 0.05) is 6.54 Å². The summed E-state index contributed by atoms with van der Waals surface area (Å²) in [6.45, 7) is 0.000463. The van der Waals surface area contributed by atoms with Crippen LogP contribution in [0.5, 0.6) is 0 Å². The number of hydrogen-bond donors (Lipinski definition) is 2. The molecule has 0 fully saturated rings. The highest BCUT2D eigenvalue weighted by Crippen LogP contribution is 2.28. The van der Waals surface area contributed by atoms with E-state index in [2.05, 4.69) is 0 Å². The van der Waals surface area contributed by atoms with E-state index >= 15 is 0 Å². The number of halogens is 1. The Balaban J connectivity index is 2.52. The van der Waals surface area contributed by atoms with Gasteiger partial charge in [0.1, 0.15) is 11.4 Å². The zero-order valence-electron chi connectivity index (χ0n) is 9.31. The van der Waals surface area contributed by atoms with Crippen LogP contribution in [-0.2, 0) is 5.60 Å². The molecule has 88 valence electrons. The average molecular weight is 231 g/mol. The first-order chi connectivity index (χ1) is 8.16. The summed E-state index contributed by atoms with van der Waals surface area (Å²) in [6, 6.07) is 14.9. The molecule has 3 N–H and O–H groups in total. The zero-order valence-corrected chi connectivity index (χ0v) is 9.31. The quantitative estimate of drug-likeness (QED) is 0.849. The first kappa shape index (κ1) is 11.8. The topological polar surface area (TPSA) is 46.2 Å². The van der Waals surface area contributed by atoms with Gasteiger partial charge in [-0.15, -0.1) is 0 Å². The van der Waals surface area contributed by atoms with Gasteiger partial charge in [-0.25, -0.2) is 4.39 Å². The van der Waals surface area contributed by atoms with Gasteiger partial charge < -0.3 is 10.8 Å². The van der Waals surface area contributed by atoms with Crippen molar-refractivity contribution in [3.05, 3.63) is 71.5 Å². The molecule has 3 heteroatoms. The number of hydrogen-bond acceptors (Lipinski definition) is 2. The molecule has 1 atom stereocenters. The van der Waals surface area contributed by atoms with Crippen LogP contribution in [0.2, 0.25) is 0 Å². The minimum atomic E-state index is -1.34. The molecule has 0 radical (unpaired) electrons. The summed E-state index contributed by atoms with van der Waals surface area (Å²) in [5.41, 5.74) is 5.43. The molecule has 2 aromatic carbocycles. The molecule has 0 spiro atoms. The van der Waals surface area contributed by atoms with Gasteiger partial charge in [-0.05, 0) is 23.3 Å². The highest BCUT2D eigenvalue weighted by Gasteiger charge is 2.29. The van der Waals surface area contributed by atoms with Gasteiger partial charge in [0.25, 0.3) is 0 Å². The largest absolute Gasteiger partial charge is 0.379 e. The minimum Gasteiger partial charge on any atom is -0.379 e. The lowest BCUT2D eigenvalue weighted by Crippen LogP contribution is -2.36. The van der Waals surface area contributed by atoms with E-state index in [9.17, 15) is 9.50 Å². The van der Waals surface area contributed by atoms with E-state index in [1.165, 1.54) is 12.1 Å². The van der Waals surface area contributed by atoms with Crippen molar-refractivity contribution in [2.75, 3.05) is 6.54 Å². The first-order valence-electron chi connectivity index (χ1n) is 5.41. The van der Waals surface area contributed by atoms with E-state index in [0.717, 1.165) is 0 Å². The fraction of sp³-hybridized carbons (Fsp3) is 0.143. The van der Waals surface area contributed by atoms with Crippen molar-refractivity contribution in [2.24, 2.45) is 5.73 Å². The number of aliphatic hydroxyl groups is 1. The maximum Gasteiger partial charge on any atom is 0.127 e. The molecule has 0 heterocycles. The molecular formula is C14H14FNO. The van der Waals surface area contributed by atoms with Crippen LogP contribution in [0.3, 0.4) is 0 Å². The molecule has 17 heavy (non-hydrogen) atoms. The van der Waals surface area contributed by atoms with E-state index < -0.39 is 5.60 Å². The van der Waals surface area contributed by atoms with Crippen molar-refractivity contribution in [1.29, 1.82) is 0 Å². The second-order valence-corrected chi connectivity index (χ2v) is 3.94. The summed E-state index contributed by atoms with van der Waals surface area (Å²) >= 11 is 0. The van der Waals surface area contributed by atoms with Crippen LogP contribution < -0.4 is 5.73 Å². The Morgan fingerprint density at radius 3 is 2.24 bits per heavy atom. The SMILES string of the molecule is NCC(O)(c1ccccc1)c1cccc(F)c1. The third-order valence-corrected chi connectivity index (χ3v) is 2.85. The van der Waals surface area contributed by atoms with Gasteiger partial charge in [0.15, 0.2) is 0 Å². The fourth-order valence-electron chi connectivity index (χ4n) is 1.86. The maximum atomic E-state index is 13.2. The highest BCUT2D eigenvalue weighted by atomic mass is 19.1. The van der Waals surface area contributed by atoms with Gasteiger partial charge in [0.05, 0.1) is 0 Å². The molecule has 0 aromatic heterocycles. The summed E-state index contributed by atoms with van der Waals surface area (Å²) in [7, 11) is 0. The van der Waals surface area contributed by atoms with Crippen LogP contribution in [-0.4, -0.2) is 11.7 Å². The van der Waals surface area contributed by atoms with Gasteiger partial charge in [0.2, 0.25) is 0 Å². The summed E-state index contributed by atoms with van der Waals surface area (Å²) in [4.78, 5) is 0. The van der Waals surface area contributed by atoms with E-state index in [4.69, 9.17) is 5.73 Å². The van der Waals surface area contributed by atoms with Crippen molar-refractivity contribution < 1.29 is 9.50 Å². The zero-order chi connectivity index (χ0) is 12.3. The highest BCUT2D eigenvalue weighted by molar-refractivity contribution is 5.36. The number of nitrogens with two attached hydrogens (primary N) is 1. The Morgan fingerprint density at radius 2 is 1.65 bits per heavy atom. The lowest BCUT2D eigenvalue weighted by Gasteiger charge is -2.27. The molecule has 2 nitrogen and oxygen atoms in total. The molecule has 2 aromatic rings. The third-order valence-electron chi connectivity index (χ3n) is 2.85. The predicted molar refractivity (Wildman–Crippen MR) is 64.9 cm³/mol. The average Bonchev–Trinajstić information content (AvgIpc) is 2.39. The molecule has 0 aliphatic carbocycles. The molecule has 0 saturated heterocycles. The molecular weight excluding hydrogens is 217 g/mol. The minimum absolute atomic E-state index is 0.000463. The maximum absolute atomic E-state index is 13.2. The summed E-state index contributed by atoms with van der Waals surface area (Å²) in [5.74, 6) is -0.384. The van der Waals surface area contributed by atoms with Crippen molar-refractivity contribution in [1.82, 2.24) is 0 Å². The number of rotatable bonds is 3. The Bertz CT molecular complexity index is 501. The van der Waals surface area contributed by atoms with Gasteiger partial charge in [-0.3, -0.25) is 0 Å². The van der Waals surface area contributed by atoms with Crippen molar-refractivity contribution in [2.45, 2.75) is 5.60 Å². The summed E-state index contributed by atoms with van der Waals surface area (Å²) in [6.07, 6.45) is 0. The molecule has 1 unspecified atom stereocenters. The van der Waals surface area contributed by atoms with Crippen LogP contribution in [0.15, 0.2) is 54.6 Å². The van der Waals surface area contributed by atoms with E-state index in [1.807, 2.05) is 18.2 Å². The Kier molecular flexibility index (Phi) is 3.22. The van der Waals surface area contributed by atoms with Crippen LogP contribution in [0.1, 0.15) is 11.1 Å². The second kappa shape index (κ2) is 4.65. The predicted octanol–water partition coefficient (Wildman–Crippen LogP) is 2.02. The van der Waals surface area contributed by atoms with Gasteiger partial charge in [-0.2, -0.15) is 0 Å².